The highest BCUT2D eigenvalue weighted by Gasteiger charge is 2.42. The van der Waals surface area contributed by atoms with Crippen molar-refractivity contribution in [3.63, 3.8) is 0 Å². The molecule has 4 rings (SSSR count). The second-order valence-corrected chi connectivity index (χ2v) is 10.8. The molecule has 1 unspecified atom stereocenters. The lowest BCUT2D eigenvalue weighted by atomic mass is 10.1. The van der Waals surface area contributed by atoms with Gasteiger partial charge in [0.15, 0.2) is 0 Å². The molecule has 1 aromatic carbocycles. The van der Waals surface area contributed by atoms with Crippen molar-refractivity contribution >= 4 is 44.6 Å². The number of anilines is 1. The average molecular weight is 440 g/mol. The average Bonchev–Trinajstić information content (AvgIpc) is 3.38. The summed E-state index contributed by atoms with van der Waals surface area (Å²) in [5.74, 6) is -0.0866. The molecule has 0 radical (unpaired) electrons. The zero-order valence-corrected chi connectivity index (χ0v) is 17.7. The van der Waals surface area contributed by atoms with Crippen LogP contribution in [0, 0.1) is 0 Å². The summed E-state index contributed by atoms with van der Waals surface area (Å²) in [6.45, 7) is 3.07. The van der Waals surface area contributed by atoms with Gasteiger partial charge in [-0.2, -0.15) is 4.31 Å². The van der Waals surface area contributed by atoms with Gasteiger partial charge in [-0.3, -0.25) is 4.79 Å². The van der Waals surface area contributed by atoms with Crippen LogP contribution < -0.4 is 4.90 Å². The van der Waals surface area contributed by atoms with E-state index in [1.54, 1.807) is 11.0 Å². The molecule has 2 aliphatic heterocycles. The largest absolute Gasteiger partial charge is 0.368 e. The number of nitrogens with zero attached hydrogens (tertiary/aromatic N) is 3. The summed E-state index contributed by atoms with van der Waals surface area (Å²) < 4.78 is 28.0. The number of thiophene rings is 1. The summed E-state index contributed by atoms with van der Waals surface area (Å²) in [6.07, 6.45) is 1.26. The van der Waals surface area contributed by atoms with Gasteiger partial charge in [0.1, 0.15) is 10.3 Å². The fourth-order valence-electron chi connectivity index (χ4n) is 3.86. The first-order valence-electron chi connectivity index (χ1n) is 9.33. The summed E-state index contributed by atoms with van der Waals surface area (Å²) in [5.41, 5.74) is 1.15. The summed E-state index contributed by atoms with van der Waals surface area (Å²) in [4.78, 5) is 17.2. The number of carbonyl (C=O) groups is 1. The molecule has 2 aromatic rings. The number of amides is 1. The van der Waals surface area contributed by atoms with E-state index in [1.807, 2.05) is 18.2 Å². The first-order chi connectivity index (χ1) is 13.5. The summed E-state index contributed by atoms with van der Waals surface area (Å²) in [7, 11) is -3.69. The van der Waals surface area contributed by atoms with Crippen LogP contribution in [0.5, 0.6) is 0 Å². The molecular weight excluding hydrogens is 418 g/mol. The minimum Gasteiger partial charge on any atom is -0.368 e. The first kappa shape index (κ1) is 19.7. The van der Waals surface area contributed by atoms with Crippen molar-refractivity contribution < 1.29 is 13.2 Å². The molecule has 1 amide bonds. The third-order valence-electron chi connectivity index (χ3n) is 5.31. The Kier molecular flexibility index (Phi) is 5.64. The summed E-state index contributed by atoms with van der Waals surface area (Å²) in [6, 6.07) is 12.6. The van der Waals surface area contributed by atoms with E-state index in [2.05, 4.69) is 17.0 Å². The van der Waals surface area contributed by atoms with Crippen LogP contribution in [0.15, 0.2) is 46.7 Å². The van der Waals surface area contributed by atoms with Gasteiger partial charge in [-0.25, -0.2) is 8.42 Å². The fraction of sp³-hybridized carbons (Fsp3) is 0.421. The van der Waals surface area contributed by atoms with Crippen LogP contribution in [0.1, 0.15) is 12.8 Å². The maximum atomic E-state index is 13.1. The van der Waals surface area contributed by atoms with E-state index >= 15 is 0 Å². The monoisotopic (exact) mass is 439 g/mol. The van der Waals surface area contributed by atoms with Crippen molar-refractivity contribution in [1.29, 1.82) is 0 Å². The highest BCUT2D eigenvalue weighted by Crippen LogP contribution is 2.33. The predicted molar refractivity (Wildman–Crippen MR) is 111 cm³/mol. The third kappa shape index (κ3) is 3.78. The smallest absolute Gasteiger partial charge is 0.253 e. The van der Waals surface area contributed by atoms with Gasteiger partial charge < -0.3 is 9.80 Å². The van der Waals surface area contributed by atoms with Gasteiger partial charge in [0.05, 0.1) is 4.34 Å². The maximum Gasteiger partial charge on any atom is 0.253 e. The van der Waals surface area contributed by atoms with Gasteiger partial charge in [-0.05, 0) is 37.1 Å². The molecule has 2 fully saturated rings. The second-order valence-electron chi connectivity index (χ2n) is 6.98. The second kappa shape index (κ2) is 8.02. The van der Waals surface area contributed by atoms with Crippen LogP contribution >= 0.6 is 22.9 Å². The van der Waals surface area contributed by atoms with E-state index in [0.717, 1.165) is 30.1 Å². The van der Waals surface area contributed by atoms with Crippen molar-refractivity contribution in [3.8, 4) is 0 Å². The number of sulfonamides is 1. The highest BCUT2D eigenvalue weighted by molar-refractivity contribution is 7.91. The van der Waals surface area contributed by atoms with E-state index in [0.29, 0.717) is 36.8 Å². The molecule has 1 aromatic heterocycles. The molecule has 0 bridgehead atoms. The Labute approximate surface area is 174 Å². The summed E-state index contributed by atoms with van der Waals surface area (Å²) in [5, 5.41) is 0. The highest BCUT2D eigenvalue weighted by atomic mass is 35.5. The Hall–Kier alpha value is -1.61. The maximum absolute atomic E-state index is 13.1. The van der Waals surface area contributed by atoms with Crippen molar-refractivity contribution in [3.05, 3.63) is 46.8 Å². The van der Waals surface area contributed by atoms with E-state index < -0.39 is 16.1 Å². The Bertz CT molecular complexity index is 940. The van der Waals surface area contributed by atoms with E-state index in [-0.39, 0.29) is 10.1 Å². The summed E-state index contributed by atoms with van der Waals surface area (Å²) >= 11 is 6.95. The first-order valence-corrected chi connectivity index (χ1v) is 12.0. The molecule has 0 N–H and O–H groups in total. The minimum atomic E-state index is -3.69. The molecule has 0 spiro atoms. The lowest BCUT2D eigenvalue weighted by Crippen LogP contribution is -2.54. The third-order valence-corrected chi connectivity index (χ3v) is 8.92. The molecule has 1 atom stereocenters. The topological polar surface area (TPSA) is 60.9 Å². The number of rotatable bonds is 4. The van der Waals surface area contributed by atoms with Crippen LogP contribution in [0.2, 0.25) is 4.34 Å². The lowest BCUT2D eigenvalue weighted by Gasteiger charge is -2.38. The van der Waals surface area contributed by atoms with Crippen LogP contribution in [0.25, 0.3) is 0 Å². The molecule has 2 aliphatic rings. The number of halogens is 1. The Morgan fingerprint density at radius 3 is 2.36 bits per heavy atom. The predicted octanol–water partition coefficient (Wildman–Crippen LogP) is 2.90. The van der Waals surface area contributed by atoms with Crippen molar-refractivity contribution in [2.45, 2.75) is 23.1 Å². The zero-order chi connectivity index (χ0) is 19.7. The molecule has 2 saturated heterocycles. The Balaban J connectivity index is 1.44. The molecule has 28 heavy (non-hydrogen) atoms. The molecule has 9 heteroatoms. The number of benzene rings is 1. The van der Waals surface area contributed by atoms with Crippen molar-refractivity contribution in [1.82, 2.24) is 9.21 Å². The minimum absolute atomic E-state index is 0.0866. The van der Waals surface area contributed by atoms with Crippen LogP contribution in [-0.4, -0.2) is 62.3 Å². The molecule has 150 valence electrons. The molecule has 3 heterocycles. The lowest BCUT2D eigenvalue weighted by molar-refractivity contribution is -0.134. The molecular formula is C19H22ClN3O3S2. The Morgan fingerprint density at radius 1 is 1.00 bits per heavy atom. The van der Waals surface area contributed by atoms with Gasteiger partial charge in [-0.1, -0.05) is 29.8 Å². The van der Waals surface area contributed by atoms with Crippen LogP contribution in [0.4, 0.5) is 5.69 Å². The van der Waals surface area contributed by atoms with Gasteiger partial charge in [-0.15, -0.1) is 11.3 Å². The zero-order valence-electron chi connectivity index (χ0n) is 15.3. The fourth-order valence-corrected chi connectivity index (χ4v) is 7.12. The van der Waals surface area contributed by atoms with Gasteiger partial charge in [0, 0.05) is 38.4 Å². The van der Waals surface area contributed by atoms with Crippen LogP contribution in [0.3, 0.4) is 0 Å². The molecule has 6 nitrogen and oxygen atoms in total. The van der Waals surface area contributed by atoms with Crippen LogP contribution in [-0.2, 0) is 14.8 Å². The molecule has 0 saturated carbocycles. The van der Waals surface area contributed by atoms with E-state index in [4.69, 9.17) is 11.6 Å². The number of para-hydroxylation sites is 1. The quantitative estimate of drug-likeness (QED) is 0.734. The van der Waals surface area contributed by atoms with Gasteiger partial charge >= 0.3 is 0 Å². The SMILES string of the molecule is O=C(C1CCCN1S(=O)(=O)c1ccc(Cl)s1)N1CCN(c2ccccc2)CC1. The normalized spacial score (nSPS) is 21.2. The Morgan fingerprint density at radius 2 is 1.71 bits per heavy atom. The van der Waals surface area contributed by atoms with Gasteiger partial charge in [0.2, 0.25) is 5.91 Å². The van der Waals surface area contributed by atoms with Gasteiger partial charge in [0.25, 0.3) is 10.0 Å². The van der Waals surface area contributed by atoms with Crippen molar-refractivity contribution in [2.24, 2.45) is 0 Å². The number of hydrogen-bond donors (Lipinski definition) is 0. The van der Waals surface area contributed by atoms with E-state index in [1.165, 1.54) is 10.4 Å². The number of carbonyl (C=O) groups excluding carboxylic acids is 1. The van der Waals surface area contributed by atoms with Crippen molar-refractivity contribution in [2.75, 3.05) is 37.6 Å². The van der Waals surface area contributed by atoms with E-state index in [9.17, 15) is 13.2 Å². The standard InChI is InChI=1S/C19H22ClN3O3S2/c20-17-8-9-18(27-17)28(25,26)23-10-4-7-16(23)19(24)22-13-11-21(12-14-22)15-5-2-1-3-6-15/h1-3,5-6,8-9,16H,4,7,10-14H2. The number of piperazine rings is 1. The number of hydrogen-bond acceptors (Lipinski definition) is 5. The molecule has 0 aliphatic carbocycles.